The third-order valence-corrected chi connectivity index (χ3v) is 6.89. The quantitative estimate of drug-likeness (QED) is 0.368. The Kier molecular flexibility index (Phi) is 7.29. The number of nitrogens with one attached hydrogen (secondary N) is 1. The first kappa shape index (κ1) is 25.3. The van der Waals surface area contributed by atoms with Crippen molar-refractivity contribution in [2.75, 3.05) is 6.54 Å². The molecular formula is C30H26ClN3O4. The zero-order valence-electron chi connectivity index (χ0n) is 20.5. The van der Waals surface area contributed by atoms with Gasteiger partial charge in [0.05, 0.1) is 6.04 Å². The molecule has 1 aromatic heterocycles. The number of hydrogen-bond donors (Lipinski definition) is 2. The van der Waals surface area contributed by atoms with E-state index < -0.39 is 29.0 Å². The number of fused-ring (bicyclic) bond motifs is 1. The first-order chi connectivity index (χ1) is 18.4. The zero-order valence-corrected chi connectivity index (χ0v) is 21.3. The molecule has 1 unspecified atom stereocenters. The molecule has 1 atom stereocenters. The summed E-state index contributed by atoms with van der Waals surface area (Å²) in [6, 6.07) is 26.0. The van der Waals surface area contributed by atoms with Crippen molar-refractivity contribution >= 4 is 23.4 Å². The molecule has 1 aliphatic heterocycles. The molecule has 7 nitrogen and oxygen atoms in total. The molecule has 192 valence electrons. The number of aromatic nitrogens is 1. The Balaban J connectivity index is 1.41. The number of carbonyl (C=O) groups is 2. The largest absolute Gasteiger partial charge is 0.503 e. The Hall–Kier alpha value is -4.36. The number of aromatic hydroxyl groups is 1. The number of hydrogen-bond acceptors (Lipinski definition) is 4. The normalized spacial score (nSPS) is 13.6. The van der Waals surface area contributed by atoms with Crippen LogP contribution in [0.2, 0.25) is 5.02 Å². The summed E-state index contributed by atoms with van der Waals surface area (Å²) in [6.45, 7) is 0.956. The average molecular weight is 528 g/mol. The lowest BCUT2D eigenvalue weighted by molar-refractivity contribution is 0.0681. The highest BCUT2D eigenvalue weighted by atomic mass is 35.5. The summed E-state index contributed by atoms with van der Waals surface area (Å²) in [5, 5.41) is 14.3. The highest BCUT2D eigenvalue weighted by molar-refractivity contribution is 6.30. The summed E-state index contributed by atoms with van der Waals surface area (Å²) in [5.41, 5.74) is 1.54. The lowest BCUT2D eigenvalue weighted by Crippen LogP contribution is -2.42. The van der Waals surface area contributed by atoms with Gasteiger partial charge in [0.25, 0.3) is 11.8 Å². The van der Waals surface area contributed by atoms with Crippen LogP contribution in [0.25, 0.3) is 0 Å². The van der Waals surface area contributed by atoms with Crippen molar-refractivity contribution in [2.24, 2.45) is 0 Å². The van der Waals surface area contributed by atoms with Gasteiger partial charge in [-0.3, -0.25) is 14.4 Å². The van der Waals surface area contributed by atoms with Crippen LogP contribution in [0.15, 0.2) is 95.9 Å². The maximum Gasteiger partial charge on any atom is 0.274 e. The Morgan fingerprint density at radius 3 is 2.32 bits per heavy atom. The van der Waals surface area contributed by atoms with Crippen molar-refractivity contribution in [2.45, 2.75) is 25.6 Å². The predicted octanol–water partition coefficient (Wildman–Crippen LogP) is 4.58. The molecule has 0 saturated heterocycles. The maximum atomic E-state index is 13.4. The van der Waals surface area contributed by atoms with Crippen molar-refractivity contribution < 1.29 is 14.7 Å². The number of pyridine rings is 1. The topological polar surface area (TPSA) is 91.6 Å². The molecule has 2 N–H and O–H groups in total. The smallest absolute Gasteiger partial charge is 0.274 e. The van der Waals surface area contributed by atoms with Gasteiger partial charge in [0.2, 0.25) is 5.43 Å². The van der Waals surface area contributed by atoms with Gasteiger partial charge in [0.15, 0.2) is 11.4 Å². The Labute approximate surface area is 224 Å². The summed E-state index contributed by atoms with van der Waals surface area (Å²) < 4.78 is 1.48. The van der Waals surface area contributed by atoms with Crippen LogP contribution >= 0.6 is 11.6 Å². The summed E-state index contributed by atoms with van der Waals surface area (Å²) in [5.74, 6) is -1.82. The van der Waals surface area contributed by atoms with E-state index in [1.54, 1.807) is 23.1 Å². The Morgan fingerprint density at radius 1 is 0.921 bits per heavy atom. The van der Waals surface area contributed by atoms with Crippen LogP contribution in [0.1, 0.15) is 43.6 Å². The number of benzene rings is 3. The minimum Gasteiger partial charge on any atom is -0.503 e. The molecule has 2 amide bonds. The van der Waals surface area contributed by atoms with Crippen LogP contribution in [0, 0.1) is 0 Å². The third kappa shape index (κ3) is 5.33. The number of halogens is 1. The van der Waals surface area contributed by atoms with Gasteiger partial charge < -0.3 is 19.9 Å². The molecule has 0 fully saturated rings. The van der Waals surface area contributed by atoms with E-state index in [4.69, 9.17) is 11.6 Å². The molecule has 4 aromatic rings. The van der Waals surface area contributed by atoms with Crippen LogP contribution in [-0.4, -0.2) is 32.9 Å². The molecule has 0 saturated carbocycles. The van der Waals surface area contributed by atoms with Crippen LogP contribution in [-0.2, 0) is 19.5 Å². The van der Waals surface area contributed by atoms with E-state index in [2.05, 4.69) is 5.32 Å². The molecular weight excluding hydrogens is 502 g/mol. The van der Waals surface area contributed by atoms with Gasteiger partial charge in [-0.05, 0) is 35.2 Å². The van der Waals surface area contributed by atoms with Crippen LogP contribution in [0.3, 0.4) is 0 Å². The van der Waals surface area contributed by atoms with Gasteiger partial charge in [-0.25, -0.2) is 0 Å². The average Bonchev–Trinajstić information content (AvgIpc) is 2.92. The standard InChI is InChI=1S/C30H26ClN3O4/c31-23-13-7-10-21(16-23)18-34-15-14-33-19-24(27(35)28(36)26(33)30(34)38)29(37)32-25(22-11-5-2-6-12-22)17-20-8-3-1-4-9-20/h1-13,16,19,25,36H,14-15,17-18H2,(H,32,37). The van der Waals surface area contributed by atoms with Gasteiger partial charge in [0, 0.05) is 30.9 Å². The Bertz CT molecular complexity index is 1540. The van der Waals surface area contributed by atoms with Crippen molar-refractivity contribution in [3.05, 3.63) is 134 Å². The summed E-state index contributed by atoms with van der Waals surface area (Å²) >= 11 is 6.07. The minimum absolute atomic E-state index is 0.122. The second-order valence-corrected chi connectivity index (χ2v) is 9.68. The van der Waals surface area contributed by atoms with E-state index in [-0.39, 0.29) is 17.8 Å². The van der Waals surface area contributed by atoms with Gasteiger partial charge in [-0.1, -0.05) is 84.4 Å². The van der Waals surface area contributed by atoms with E-state index in [1.807, 2.05) is 66.7 Å². The Morgan fingerprint density at radius 2 is 1.61 bits per heavy atom. The fourth-order valence-corrected chi connectivity index (χ4v) is 4.93. The lowest BCUT2D eigenvalue weighted by Gasteiger charge is -2.30. The molecule has 2 heterocycles. The molecule has 0 bridgehead atoms. The van der Waals surface area contributed by atoms with E-state index in [1.165, 1.54) is 10.8 Å². The van der Waals surface area contributed by atoms with E-state index >= 15 is 0 Å². The number of nitrogens with zero attached hydrogens (tertiary/aromatic N) is 2. The van der Waals surface area contributed by atoms with Crippen molar-refractivity contribution in [3.8, 4) is 5.75 Å². The molecule has 1 aliphatic rings. The van der Waals surface area contributed by atoms with E-state index in [0.717, 1.165) is 16.7 Å². The zero-order chi connectivity index (χ0) is 26.6. The van der Waals surface area contributed by atoms with Gasteiger partial charge in [0.1, 0.15) is 5.56 Å². The summed E-state index contributed by atoms with van der Waals surface area (Å²) in [7, 11) is 0. The van der Waals surface area contributed by atoms with Gasteiger partial charge >= 0.3 is 0 Å². The van der Waals surface area contributed by atoms with Crippen LogP contribution < -0.4 is 10.7 Å². The first-order valence-corrected chi connectivity index (χ1v) is 12.7. The summed E-state index contributed by atoms with van der Waals surface area (Å²) in [6.07, 6.45) is 1.89. The maximum absolute atomic E-state index is 13.4. The van der Waals surface area contributed by atoms with Gasteiger partial charge in [-0.2, -0.15) is 0 Å². The third-order valence-electron chi connectivity index (χ3n) is 6.65. The lowest BCUT2D eigenvalue weighted by atomic mass is 9.98. The van der Waals surface area contributed by atoms with Crippen LogP contribution in [0.4, 0.5) is 0 Å². The van der Waals surface area contributed by atoms with E-state index in [9.17, 15) is 19.5 Å². The second-order valence-electron chi connectivity index (χ2n) is 9.25. The molecule has 3 aromatic carbocycles. The number of carbonyl (C=O) groups excluding carboxylic acids is 2. The van der Waals surface area contributed by atoms with Gasteiger partial charge in [-0.15, -0.1) is 0 Å². The fraction of sp³-hybridized carbons (Fsp3) is 0.167. The molecule has 0 radical (unpaired) electrons. The molecule has 38 heavy (non-hydrogen) atoms. The first-order valence-electron chi connectivity index (χ1n) is 12.3. The van der Waals surface area contributed by atoms with Crippen LogP contribution in [0.5, 0.6) is 5.75 Å². The molecule has 0 spiro atoms. The second kappa shape index (κ2) is 10.9. The fourth-order valence-electron chi connectivity index (χ4n) is 4.72. The van der Waals surface area contributed by atoms with E-state index in [0.29, 0.717) is 24.5 Å². The molecule has 5 rings (SSSR count). The highest BCUT2D eigenvalue weighted by Gasteiger charge is 2.31. The van der Waals surface area contributed by atoms with Crippen molar-refractivity contribution in [3.63, 3.8) is 0 Å². The molecule has 8 heteroatoms. The van der Waals surface area contributed by atoms with Crippen molar-refractivity contribution in [1.82, 2.24) is 14.8 Å². The number of rotatable bonds is 7. The predicted molar refractivity (Wildman–Crippen MR) is 145 cm³/mol. The van der Waals surface area contributed by atoms with Crippen molar-refractivity contribution in [1.29, 1.82) is 0 Å². The highest BCUT2D eigenvalue weighted by Crippen LogP contribution is 2.24. The monoisotopic (exact) mass is 527 g/mol. The SMILES string of the molecule is O=C(NC(Cc1ccccc1)c1ccccc1)c1cn2c(c(O)c1=O)C(=O)N(Cc1cccc(Cl)c1)CC2. The summed E-state index contributed by atoms with van der Waals surface area (Å²) in [4.78, 5) is 41.2. The molecule has 0 aliphatic carbocycles. The minimum atomic E-state index is -0.877. The number of amides is 2.